The molecule has 1 N–H and O–H groups in total. The molecule has 0 unspecified atom stereocenters. The van der Waals surface area contributed by atoms with Crippen molar-refractivity contribution in [3.05, 3.63) is 67.0 Å². The highest BCUT2D eigenvalue weighted by Gasteiger charge is 2.11. The van der Waals surface area contributed by atoms with Crippen LogP contribution in [0.4, 0.5) is 15.9 Å². The van der Waals surface area contributed by atoms with Crippen LogP contribution in [0.2, 0.25) is 0 Å². The van der Waals surface area contributed by atoms with Crippen molar-refractivity contribution >= 4 is 17.0 Å². The fraction of sp³-hybridized carbons (Fsp3) is 0.143. The van der Waals surface area contributed by atoms with Gasteiger partial charge in [0.1, 0.15) is 0 Å². The third-order valence-electron chi connectivity index (χ3n) is 4.26. The fourth-order valence-electron chi connectivity index (χ4n) is 3.00. The van der Waals surface area contributed by atoms with Crippen LogP contribution in [0.3, 0.4) is 0 Å². The zero-order chi connectivity index (χ0) is 19.5. The van der Waals surface area contributed by atoms with Gasteiger partial charge in [-0.05, 0) is 37.3 Å². The third-order valence-corrected chi connectivity index (χ3v) is 4.26. The summed E-state index contributed by atoms with van der Waals surface area (Å²) in [5.41, 5.74) is 2.97. The first-order valence-corrected chi connectivity index (χ1v) is 8.85. The summed E-state index contributed by atoms with van der Waals surface area (Å²) < 4.78 is 26.5. The van der Waals surface area contributed by atoms with Gasteiger partial charge >= 0.3 is 0 Å². The van der Waals surface area contributed by atoms with Crippen molar-refractivity contribution in [2.45, 2.75) is 6.92 Å². The van der Waals surface area contributed by atoms with Crippen molar-refractivity contribution in [2.24, 2.45) is 0 Å². The van der Waals surface area contributed by atoms with E-state index in [4.69, 9.17) is 14.5 Å². The van der Waals surface area contributed by atoms with E-state index in [9.17, 15) is 4.39 Å². The number of pyridine rings is 1. The van der Waals surface area contributed by atoms with Gasteiger partial charge in [-0.1, -0.05) is 0 Å². The Kier molecular flexibility index (Phi) is 4.80. The number of anilines is 2. The lowest BCUT2D eigenvalue weighted by Gasteiger charge is -2.14. The first-order chi connectivity index (χ1) is 13.7. The lowest BCUT2D eigenvalue weighted by atomic mass is 10.2. The molecule has 4 aromatic rings. The second-order valence-electron chi connectivity index (χ2n) is 6.07. The number of methoxy groups -OCH3 is 1. The van der Waals surface area contributed by atoms with Crippen molar-refractivity contribution in [2.75, 3.05) is 19.0 Å². The molecule has 0 spiro atoms. The Morgan fingerprint density at radius 1 is 1.14 bits per heavy atom. The molecule has 3 aromatic heterocycles. The topological polar surface area (TPSA) is 60.7 Å². The standard InChI is InChI=1S/C21H19FN4O2/c1-3-28-18-7-6-15(12-19(18)27-2)24-21-17-5-4-10-26(17)13-16(25-21)14-8-9-23-20(22)11-14/h4-13H,3H2,1-2H3,(H,24,25). The molecule has 3 heterocycles. The number of ether oxygens (including phenoxy) is 2. The predicted molar refractivity (Wildman–Crippen MR) is 106 cm³/mol. The van der Waals surface area contributed by atoms with Crippen molar-refractivity contribution in [1.29, 1.82) is 0 Å². The minimum absolute atomic E-state index is 0.544. The molecule has 6 nitrogen and oxygen atoms in total. The number of aromatic nitrogens is 3. The second-order valence-corrected chi connectivity index (χ2v) is 6.07. The predicted octanol–water partition coefficient (Wildman–Crippen LogP) is 4.69. The van der Waals surface area contributed by atoms with Crippen molar-refractivity contribution < 1.29 is 13.9 Å². The molecular formula is C21H19FN4O2. The van der Waals surface area contributed by atoms with Crippen LogP contribution in [-0.4, -0.2) is 28.1 Å². The molecule has 28 heavy (non-hydrogen) atoms. The molecule has 142 valence electrons. The smallest absolute Gasteiger partial charge is 0.213 e. The molecule has 1 aromatic carbocycles. The molecule has 0 aliphatic heterocycles. The second kappa shape index (κ2) is 7.56. The Morgan fingerprint density at radius 2 is 2.04 bits per heavy atom. The Balaban J connectivity index is 1.75. The summed E-state index contributed by atoms with van der Waals surface area (Å²) in [5, 5.41) is 3.32. The maximum Gasteiger partial charge on any atom is 0.213 e. The van der Waals surface area contributed by atoms with Gasteiger partial charge in [0.05, 0.1) is 24.9 Å². The number of nitrogens with one attached hydrogen (secondary N) is 1. The van der Waals surface area contributed by atoms with Gasteiger partial charge in [-0.2, -0.15) is 4.39 Å². The SMILES string of the molecule is CCOc1ccc(Nc2nc(-c3ccnc(F)c3)cn3cccc23)cc1OC. The van der Waals surface area contributed by atoms with E-state index in [1.54, 1.807) is 13.2 Å². The van der Waals surface area contributed by atoms with E-state index in [-0.39, 0.29) is 0 Å². The minimum Gasteiger partial charge on any atom is -0.493 e. The van der Waals surface area contributed by atoms with E-state index < -0.39 is 5.95 Å². The normalized spacial score (nSPS) is 10.8. The molecule has 0 amide bonds. The molecule has 0 atom stereocenters. The van der Waals surface area contributed by atoms with Gasteiger partial charge in [0.2, 0.25) is 5.95 Å². The molecule has 4 rings (SSSR count). The first kappa shape index (κ1) is 17.8. The Bertz CT molecular complexity index is 1130. The summed E-state index contributed by atoms with van der Waals surface area (Å²) in [7, 11) is 1.60. The summed E-state index contributed by atoms with van der Waals surface area (Å²) in [6.07, 6.45) is 5.20. The van der Waals surface area contributed by atoms with E-state index in [0.717, 1.165) is 11.2 Å². The van der Waals surface area contributed by atoms with Gasteiger partial charge in [-0.3, -0.25) is 0 Å². The molecule has 0 radical (unpaired) electrons. The van der Waals surface area contributed by atoms with Gasteiger partial charge in [-0.15, -0.1) is 0 Å². The fourth-order valence-corrected chi connectivity index (χ4v) is 3.00. The molecular weight excluding hydrogens is 359 g/mol. The maximum atomic E-state index is 13.6. The Labute approximate surface area is 161 Å². The number of hydrogen-bond acceptors (Lipinski definition) is 5. The van der Waals surface area contributed by atoms with Crippen molar-refractivity contribution in [1.82, 2.24) is 14.4 Å². The van der Waals surface area contributed by atoms with Crippen LogP contribution in [0.5, 0.6) is 11.5 Å². The average Bonchev–Trinajstić information content (AvgIpc) is 3.18. The van der Waals surface area contributed by atoms with Gasteiger partial charge in [0.25, 0.3) is 0 Å². The Hall–Kier alpha value is -3.61. The summed E-state index contributed by atoms with van der Waals surface area (Å²) in [6, 6.07) is 12.6. The van der Waals surface area contributed by atoms with Crippen LogP contribution in [0.1, 0.15) is 6.92 Å². The number of rotatable bonds is 6. The van der Waals surface area contributed by atoms with Crippen LogP contribution < -0.4 is 14.8 Å². The van der Waals surface area contributed by atoms with E-state index in [2.05, 4.69) is 10.3 Å². The molecule has 0 saturated heterocycles. The van der Waals surface area contributed by atoms with Crippen LogP contribution in [0.15, 0.2) is 61.1 Å². The first-order valence-electron chi connectivity index (χ1n) is 8.85. The highest BCUT2D eigenvalue weighted by molar-refractivity contribution is 5.77. The van der Waals surface area contributed by atoms with E-state index >= 15 is 0 Å². The zero-order valence-corrected chi connectivity index (χ0v) is 15.5. The molecule has 7 heteroatoms. The summed E-state index contributed by atoms with van der Waals surface area (Å²) in [6.45, 7) is 2.48. The average molecular weight is 378 g/mol. The third kappa shape index (κ3) is 3.46. The van der Waals surface area contributed by atoms with E-state index in [1.165, 1.54) is 12.3 Å². The molecule has 0 aliphatic carbocycles. The lowest BCUT2D eigenvalue weighted by Crippen LogP contribution is -2.01. The number of halogens is 1. The van der Waals surface area contributed by atoms with Gasteiger partial charge in [-0.25, -0.2) is 9.97 Å². The quantitative estimate of drug-likeness (QED) is 0.494. The van der Waals surface area contributed by atoms with Crippen molar-refractivity contribution in [3.63, 3.8) is 0 Å². The molecule has 0 bridgehead atoms. The number of fused-ring (bicyclic) bond motifs is 1. The van der Waals surface area contributed by atoms with Gasteiger partial charge in [0, 0.05) is 42.0 Å². The highest BCUT2D eigenvalue weighted by Crippen LogP contribution is 2.32. The van der Waals surface area contributed by atoms with Crippen LogP contribution in [0.25, 0.3) is 16.8 Å². The van der Waals surface area contributed by atoms with Crippen LogP contribution in [-0.2, 0) is 0 Å². The van der Waals surface area contributed by atoms with Crippen molar-refractivity contribution in [3.8, 4) is 22.8 Å². The van der Waals surface area contributed by atoms with E-state index in [0.29, 0.717) is 35.2 Å². The summed E-state index contributed by atoms with van der Waals surface area (Å²) >= 11 is 0. The van der Waals surface area contributed by atoms with Gasteiger partial charge in [0.15, 0.2) is 17.3 Å². The van der Waals surface area contributed by atoms with E-state index in [1.807, 2.05) is 54.0 Å². The monoisotopic (exact) mass is 378 g/mol. The number of hydrogen-bond donors (Lipinski definition) is 1. The maximum absolute atomic E-state index is 13.6. The van der Waals surface area contributed by atoms with Crippen LogP contribution >= 0.6 is 0 Å². The Morgan fingerprint density at radius 3 is 2.82 bits per heavy atom. The highest BCUT2D eigenvalue weighted by atomic mass is 19.1. The molecule has 0 saturated carbocycles. The summed E-state index contributed by atoms with van der Waals surface area (Å²) in [5.74, 6) is 1.41. The lowest BCUT2D eigenvalue weighted by molar-refractivity contribution is 0.311. The minimum atomic E-state index is -0.544. The zero-order valence-electron chi connectivity index (χ0n) is 15.5. The number of benzene rings is 1. The van der Waals surface area contributed by atoms with Crippen LogP contribution in [0, 0.1) is 5.95 Å². The number of nitrogens with zero attached hydrogens (tertiary/aromatic N) is 3. The summed E-state index contributed by atoms with van der Waals surface area (Å²) in [4.78, 5) is 8.30. The van der Waals surface area contributed by atoms with Gasteiger partial charge < -0.3 is 19.2 Å². The largest absolute Gasteiger partial charge is 0.493 e. The molecule has 0 aliphatic rings. The molecule has 0 fully saturated rings.